The summed E-state index contributed by atoms with van der Waals surface area (Å²) < 4.78 is 9.22. The van der Waals surface area contributed by atoms with Crippen LogP contribution in [0.5, 0.6) is 0 Å². The van der Waals surface area contributed by atoms with Crippen LogP contribution in [0.4, 0.5) is 4.79 Å². The van der Waals surface area contributed by atoms with Crippen LogP contribution >= 0.6 is 0 Å². The first-order valence-electron chi connectivity index (χ1n) is 3.83. The van der Waals surface area contributed by atoms with Gasteiger partial charge >= 0.3 is 6.16 Å². The Balaban J connectivity index is 3.74. The van der Waals surface area contributed by atoms with Gasteiger partial charge in [0.2, 0.25) is 0 Å². The lowest BCUT2D eigenvalue weighted by Crippen LogP contribution is -2.33. The third-order valence-corrected chi connectivity index (χ3v) is 3.76. The Bertz CT molecular complexity index is 166. The van der Waals surface area contributed by atoms with Crippen LogP contribution in [-0.2, 0) is 9.47 Å². The molecule has 0 unspecified atom stereocenters. The monoisotopic (exact) mass is 188 g/mol. The van der Waals surface area contributed by atoms with Crippen LogP contribution in [-0.4, -0.2) is 27.6 Å². The molecule has 0 aromatic carbocycles. The molecular formula is C8H16O3Si. The van der Waals surface area contributed by atoms with E-state index in [0.717, 1.165) is 6.04 Å². The van der Waals surface area contributed by atoms with Crippen LogP contribution in [0.1, 0.15) is 0 Å². The van der Waals surface area contributed by atoms with Gasteiger partial charge in [0, 0.05) is 0 Å². The van der Waals surface area contributed by atoms with Crippen LogP contribution in [0.25, 0.3) is 0 Å². The molecule has 0 heterocycles. The molecule has 12 heavy (non-hydrogen) atoms. The summed E-state index contributed by atoms with van der Waals surface area (Å²) in [4.78, 5) is 10.6. The van der Waals surface area contributed by atoms with Crippen LogP contribution in [0, 0.1) is 0 Å². The van der Waals surface area contributed by atoms with E-state index in [1.807, 2.05) is 6.08 Å². The van der Waals surface area contributed by atoms with Crippen molar-refractivity contribution in [1.29, 1.82) is 0 Å². The topological polar surface area (TPSA) is 35.5 Å². The van der Waals surface area contributed by atoms with Crippen LogP contribution < -0.4 is 0 Å². The molecule has 0 bridgehead atoms. The van der Waals surface area contributed by atoms with E-state index in [0.29, 0.717) is 6.23 Å². The Kier molecular flexibility index (Phi) is 4.66. The highest BCUT2D eigenvalue weighted by atomic mass is 28.3. The molecule has 0 aliphatic carbocycles. The molecule has 0 radical (unpaired) electrons. The molecule has 0 rings (SSSR count). The molecule has 0 N–H and O–H groups in total. The lowest BCUT2D eigenvalue weighted by Gasteiger charge is -2.18. The lowest BCUT2D eigenvalue weighted by atomic mass is 10.8. The van der Waals surface area contributed by atoms with E-state index >= 15 is 0 Å². The molecule has 0 aromatic heterocycles. The van der Waals surface area contributed by atoms with E-state index in [9.17, 15) is 4.79 Å². The summed E-state index contributed by atoms with van der Waals surface area (Å²) in [5, 5.41) is 0. The number of rotatable bonds is 4. The van der Waals surface area contributed by atoms with Crippen LogP contribution in [0.2, 0.25) is 19.1 Å². The van der Waals surface area contributed by atoms with Crippen molar-refractivity contribution in [3.63, 3.8) is 0 Å². The number of carbonyl (C=O) groups excluding carboxylic acids is 1. The molecule has 0 saturated carbocycles. The summed E-state index contributed by atoms with van der Waals surface area (Å²) >= 11 is 0. The molecule has 0 saturated heterocycles. The summed E-state index contributed by atoms with van der Waals surface area (Å²) in [5.41, 5.74) is 0. The maximum Gasteiger partial charge on any atom is 0.507 e. The standard InChI is InChI=1S/C8H16O3Si/c1-5-6-12(3,4)7-11-8(9)10-2/h5H,1,6-7H2,2-4H3. The van der Waals surface area contributed by atoms with Crippen molar-refractivity contribution in [2.45, 2.75) is 19.1 Å². The third kappa shape index (κ3) is 4.95. The molecule has 0 spiro atoms. The van der Waals surface area contributed by atoms with E-state index in [4.69, 9.17) is 4.74 Å². The van der Waals surface area contributed by atoms with Crippen molar-refractivity contribution in [1.82, 2.24) is 0 Å². The fourth-order valence-corrected chi connectivity index (χ4v) is 2.17. The minimum absolute atomic E-state index is 0.492. The summed E-state index contributed by atoms with van der Waals surface area (Å²) in [6.45, 7) is 7.93. The first-order valence-corrected chi connectivity index (χ1v) is 7.25. The maximum absolute atomic E-state index is 10.6. The molecule has 0 aromatic rings. The zero-order valence-corrected chi connectivity index (χ0v) is 8.92. The largest absolute Gasteiger partial charge is 0.507 e. The van der Waals surface area contributed by atoms with Gasteiger partial charge in [-0.1, -0.05) is 19.2 Å². The van der Waals surface area contributed by atoms with Gasteiger partial charge in [0.1, 0.15) is 0 Å². The molecule has 0 aliphatic rings. The lowest BCUT2D eigenvalue weighted by molar-refractivity contribution is 0.0849. The number of carbonyl (C=O) groups is 1. The number of allylic oxidation sites excluding steroid dienone is 1. The highest BCUT2D eigenvalue weighted by molar-refractivity contribution is 6.77. The zero-order valence-electron chi connectivity index (χ0n) is 7.92. The average Bonchev–Trinajstić information content (AvgIpc) is 2.00. The third-order valence-electron chi connectivity index (χ3n) is 1.44. The molecule has 4 heteroatoms. The van der Waals surface area contributed by atoms with Gasteiger partial charge in [-0.15, -0.1) is 6.58 Å². The number of methoxy groups -OCH3 is 1. The fraction of sp³-hybridized carbons (Fsp3) is 0.625. The predicted octanol–water partition coefficient (Wildman–Crippen LogP) is 2.20. The first kappa shape index (κ1) is 11.2. The van der Waals surface area contributed by atoms with Gasteiger partial charge in [0.25, 0.3) is 0 Å². The predicted molar refractivity (Wildman–Crippen MR) is 50.8 cm³/mol. The summed E-state index contributed by atoms with van der Waals surface area (Å²) in [6, 6.07) is 0.948. The van der Waals surface area contributed by atoms with Gasteiger partial charge in [-0.05, 0) is 6.04 Å². The van der Waals surface area contributed by atoms with Crippen molar-refractivity contribution in [2.24, 2.45) is 0 Å². The highest BCUT2D eigenvalue weighted by Gasteiger charge is 2.21. The molecule has 0 atom stereocenters. The average molecular weight is 188 g/mol. The van der Waals surface area contributed by atoms with Crippen molar-refractivity contribution in [3.05, 3.63) is 12.7 Å². The minimum atomic E-state index is -1.42. The van der Waals surface area contributed by atoms with E-state index in [1.54, 1.807) is 0 Å². The van der Waals surface area contributed by atoms with E-state index in [1.165, 1.54) is 7.11 Å². The summed E-state index contributed by atoms with van der Waals surface area (Å²) in [7, 11) is -0.114. The Morgan fingerprint density at radius 2 is 2.17 bits per heavy atom. The van der Waals surface area contributed by atoms with Gasteiger partial charge < -0.3 is 9.47 Å². The normalized spacial score (nSPS) is 10.6. The van der Waals surface area contributed by atoms with Gasteiger partial charge in [0.05, 0.1) is 21.4 Å². The Hall–Kier alpha value is -0.773. The van der Waals surface area contributed by atoms with Crippen LogP contribution in [0.3, 0.4) is 0 Å². The smallest absolute Gasteiger partial charge is 0.438 e. The SMILES string of the molecule is C=CC[Si](C)(C)COC(=O)OC. The molecule has 70 valence electrons. The van der Waals surface area contributed by atoms with E-state index < -0.39 is 14.2 Å². The zero-order chi connectivity index (χ0) is 9.61. The number of hydrogen-bond donors (Lipinski definition) is 0. The number of hydrogen-bond acceptors (Lipinski definition) is 3. The van der Waals surface area contributed by atoms with Crippen molar-refractivity contribution in [3.8, 4) is 0 Å². The van der Waals surface area contributed by atoms with Gasteiger partial charge in [-0.3, -0.25) is 0 Å². The Morgan fingerprint density at radius 3 is 2.58 bits per heavy atom. The van der Waals surface area contributed by atoms with Gasteiger partial charge in [-0.25, -0.2) is 4.79 Å². The maximum atomic E-state index is 10.6. The van der Waals surface area contributed by atoms with E-state index in [2.05, 4.69) is 24.4 Å². The Labute approximate surface area is 74.4 Å². The summed E-state index contributed by atoms with van der Waals surface area (Å²) in [6.07, 6.45) is 1.76. The number of ether oxygens (including phenoxy) is 2. The molecule has 0 amide bonds. The van der Waals surface area contributed by atoms with Gasteiger partial charge in [0.15, 0.2) is 0 Å². The van der Waals surface area contributed by atoms with E-state index in [-0.39, 0.29) is 0 Å². The molecule has 0 aliphatic heterocycles. The van der Waals surface area contributed by atoms with Gasteiger partial charge in [-0.2, -0.15) is 0 Å². The quantitative estimate of drug-likeness (QED) is 0.385. The highest BCUT2D eigenvalue weighted by Crippen LogP contribution is 2.09. The summed E-state index contributed by atoms with van der Waals surface area (Å²) in [5.74, 6) is 0. The second kappa shape index (κ2) is 4.98. The Morgan fingerprint density at radius 1 is 1.58 bits per heavy atom. The van der Waals surface area contributed by atoms with Crippen molar-refractivity contribution in [2.75, 3.05) is 13.3 Å². The minimum Gasteiger partial charge on any atom is -0.438 e. The first-order chi connectivity index (χ1) is 5.52. The van der Waals surface area contributed by atoms with Crippen molar-refractivity contribution < 1.29 is 14.3 Å². The molecule has 3 nitrogen and oxygen atoms in total. The second-order valence-electron chi connectivity index (χ2n) is 3.40. The molecule has 0 fully saturated rings. The molecular weight excluding hydrogens is 172 g/mol. The van der Waals surface area contributed by atoms with Crippen LogP contribution in [0.15, 0.2) is 12.7 Å². The second-order valence-corrected chi connectivity index (χ2v) is 8.43. The van der Waals surface area contributed by atoms with Crippen molar-refractivity contribution >= 4 is 14.2 Å². The fourth-order valence-electron chi connectivity index (χ4n) is 0.763.